The molecule has 5 heteroatoms. The largest absolute Gasteiger partial charge is 0.345 e. The van der Waals surface area contributed by atoms with Crippen molar-refractivity contribution in [1.82, 2.24) is 9.47 Å². The van der Waals surface area contributed by atoms with Gasteiger partial charge in [-0.15, -0.1) is 0 Å². The van der Waals surface area contributed by atoms with Crippen molar-refractivity contribution in [3.63, 3.8) is 0 Å². The molecule has 31 heavy (non-hydrogen) atoms. The Bertz CT molecular complexity index is 1170. The van der Waals surface area contributed by atoms with E-state index in [0.717, 1.165) is 16.8 Å². The van der Waals surface area contributed by atoms with Gasteiger partial charge in [0.15, 0.2) is 0 Å². The second kappa shape index (κ2) is 9.39. The van der Waals surface area contributed by atoms with Gasteiger partial charge in [0.1, 0.15) is 11.6 Å². The first-order valence-corrected chi connectivity index (χ1v) is 10.1. The first-order chi connectivity index (χ1) is 15.1. The van der Waals surface area contributed by atoms with Crippen LogP contribution in [0.2, 0.25) is 0 Å². The molecule has 3 aromatic carbocycles. The van der Waals surface area contributed by atoms with Crippen molar-refractivity contribution < 1.29 is 13.6 Å². The highest BCUT2D eigenvalue weighted by molar-refractivity contribution is 5.94. The minimum atomic E-state index is -0.541. The van der Waals surface area contributed by atoms with Crippen LogP contribution in [-0.4, -0.2) is 15.4 Å². The second-order valence-corrected chi connectivity index (χ2v) is 7.38. The Morgan fingerprint density at radius 2 is 1.52 bits per heavy atom. The molecule has 0 aliphatic rings. The molecule has 0 radical (unpaired) electrons. The smallest absolute Gasteiger partial charge is 0.257 e. The van der Waals surface area contributed by atoms with E-state index in [-0.39, 0.29) is 17.3 Å². The molecule has 0 bridgehead atoms. The third-order valence-corrected chi connectivity index (χ3v) is 5.13. The molecular weight excluding hydrogens is 394 g/mol. The van der Waals surface area contributed by atoms with E-state index in [4.69, 9.17) is 0 Å². The van der Waals surface area contributed by atoms with Crippen molar-refractivity contribution in [1.29, 1.82) is 0 Å². The van der Waals surface area contributed by atoms with Crippen LogP contribution in [0, 0.1) is 11.6 Å². The molecule has 0 aliphatic heterocycles. The average Bonchev–Trinajstić information content (AvgIpc) is 3.20. The van der Waals surface area contributed by atoms with Gasteiger partial charge < -0.3 is 9.47 Å². The van der Waals surface area contributed by atoms with Crippen LogP contribution >= 0.6 is 0 Å². The van der Waals surface area contributed by atoms with E-state index in [0.29, 0.717) is 19.6 Å². The molecule has 156 valence electrons. The van der Waals surface area contributed by atoms with Crippen LogP contribution < -0.4 is 0 Å². The Balaban J connectivity index is 1.62. The van der Waals surface area contributed by atoms with E-state index in [9.17, 15) is 13.6 Å². The minimum Gasteiger partial charge on any atom is -0.345 e. The number of benzene rings is 3. The molecule has 1 amide bonds. The Morgan fingerprint density at radius 1 is 0.774 bits per heavy atom. The van der Waals surface area contributed by atoms with E-state index in [1.807, 2.05) is 59.3 Å². The Hall–Kier alpha value is -3.73. The molecule has 0 unspecified atom stereocenters. The van der Waals surface area contributed by atoms with Gasteiger partial charge in [0, 0.05) is 25.0 Å². The number of hydrogen-bond acceptors (Lipinski definition) is 1. The number of carbonyl (C=O) groups excluding carboxylic acids is 1. The SMILES string of the molecule is O=C(c1ccccc1F)N(Cc1ccccc1)Cc1cccn1Cc1cccc(F)c1. The van der Waals surface area contributed by atoms with Crippen molar-refractivity contribution in [3.8, 4) is 0 Å². The van der Waals surface area contributed by atoms with E-state index < -0.39 is 5.82 Å². The Morgan fingerprint density at radius 3 is 2.29 bits per heavy atom. The summed E-state index contributed by atoms with van der Waals surface area (Å²) < 4.78 is 29.9. The molecule has 0 spiro atoms. The van der Waals surface area contributed by atoms with Crippen LogP contribution in [0.15, 0.2) is 97.2 Å². The quantitative estimate of drug-likeness (QED) is 0.382. The molecule has 1 aromatic heterocycles. The van der Waals surface area contributed by atoms with Gasteiger partial charge in [-0.1, -0.05) is 54.6 Å². The fraction of sp³-hybridized carbons (Fsp3) is 0.115. The van der Waals surface area contributed by atoms with Gasteiger partial charge >= 0.3 is 0 Å². The highest BCUT2D eigenvalue weighted by Gasteiger charge is 2.21. The molecule has 0 saturated heterocycles. The lowest BCUT2D eigenvalue weighted by molar-refractivity contribution is 0.0721. The average molecular weight is 416 g/mol. The summed E-state index contributed by atoms with van der Waals surface area (Å²) in [5.41, 5.74) is 2.70. The van der Waals surface area contributed by atoms with Gasteiger partial charge in [-0.3, -0.25) is 4.79 Å². The van der Waals surface area contributed by atoms with E-state index in [1.54, 1.807) is 23.1 Å². The predicted octanol–water partition coefficient (Wildman–Crippen LogP) is 5.66. The molecule has 0 fully saturated rings. The van der Waals surface area contributed by atoms with Gasteiger partial charge in [0.25, 0.3) is 5.91 Å². The molecule has 0 aliphatic carbocycles. The summed E-state index contributed by atoms with van der Waals surface area (Å²) in [6.45, 7) is 1.12. The zero-order valence-corrected chi connectivity index (χ0v) is 16.9. The topological polar surface area (TPSA) is 25.2 Å². The van der Waals surface area contributed by atoms with Gasteiger partial charge in [-0.05, 0) is 47.5 Å². The van der Waals surface area contributed by atoms with Gasteiger partial charge in [0.05, 0.1) is 12.1 Å². The number of aromatic nitrogens is 1. The normalized spacial score (nSPS) is 10.8. The number of rotatable bonds is 7. The first-order valence-electron chi connectivity index (χ1n) is 10.1. The maximum atomic E-state index is 14.3. The third-order valence-electron chi connectivity index (χ3n) is 5.13. The Kier molecular flexibility index (Phi) is 6.22. The summed E-state index contributed by atoms with van der Waals surface area (Å²) in [4.78, 5) is 14.9. The summed E-state index contributed by atoms with van der Waals surface area (Å²) in [5.74, 6) is -1.20. The minimum absolute atomic E-state index is 0.0432. The van der Waals surface area contributed by atoms with Gasteiger partial charge in [-0.25, -0.2) is 8.78 Å². The van der Waals surface area contributed by atoms with Crippen LogP contribution in [-0.2, 0) is 19.6 Å². The van der Waals surface area contributed by atoms with Crippen LogP contribution in [0.5, 0.6) is 0 Å². The van der Waals surface area contributed by atoms with Crippen molar-refractivity contribution in [2.45, 2.75) is 19.6 Å². The van der Waals surface area contributed by atoms with Crippen LogP contribution in [0.3, 0.4) is 0 Å². The predicted molar refractivity (Wildman–Crippen MR) is 116 cm³/mol. The Labute approximate surface area is 180 Å². The summed E-state index contributed by atoms with van der Waals surface area (Å²) in [6.07, 6.45) is 1.90. The van der Waals surface area contributed by atoms with Gasteiger partial charge in [-0.2, -0.15) is 0 Å². The molecular formula is C26H22F2N2O. The van der Waals surface area contributed by atoms with E-state index in [1.165, 1.54) is 24.3 Å². The summed E-state index contributed by atoms with van der Waals surface area (Å²) in [5, 5.41) is 0. The maximum absolute atomic E-state index is 14.3. The van der Waals surface area contributed by atoms with E-state index >= 15 is 0 Å². The van der Waals surface area contributed by atoms with Crippen LogP contribution in [0.1, 0.15) is 27.2 Å². The lowest BCUT2D eigenvalue weighted by Crippen LogP contribution is -2.31. The van der Waals surface area contributed by atoms with Crippen molar-refractivity contribution >= 4 is 5.91 Å². The van der Waals surface area contributed by atoms with E-state index in [2.05, 4.69) is 0 Å². The molecule has 4 aromatic rings. The lowest BCUT2D eigenvalue weighted by atomic mass is 10.1. The molecule has 0 N–H and O–H groups in total. The van der Waals surface area contributed by atoms with Crippen LogP contribution in [0.25, 0.3) is 0 Å². The van der Waals surface area contributed by atoms with Gasteiger partial charge in [0.2, 0.25) is 0 Å². The second-order valence-electron chi connectivity index (χ2n) is 7.38. The molecule has 1 heterocycles. The first kappa shape index (κ1) is 20.5. The van der Waals surface area contributed by atoms with Crippen molar-refractivity contribution in [2.75, 3.05) is 0 Å². The summed E-state index contributed by atoms with van der Waals surface area (Å²) >= 11 is 0. The highest BCUT2D eigenvalue weighted by atomic mass is 19.1. The lowest BCUT2D eigenvalue weighted by Gasteiger charge is -2.24. The zero-order valence-electron chi connectivity index (χ0n) is 16.9. The monoisotopic (exact) mass is 416 g/mol. The van der Waals surface area contributed by atoms with Crippen molar-refractivity contribution in [3.05, 3.63) is 131 Å². The molecule has 0 atom stereocenters. The highest BCUT2D eigenvalue weighted by Crippen LogP contribution is 2.18. The van der Waals surface area contributed by atoms with Crippen molar-refractivity contribution in [2.24, 2.45) is 0 Å². The number of halogens is 2. The number of carbonyl (C=O) groups is 1. The summed E-state index contributed by atoms with van der Waals surface area (Å²) in [6, 6.07) is 25.9. The third kappa shape index (κ3) is 5.07. The number of nitrogens with zero attached hydrogens (tertiary/aromatic N) is 2. The number of amides is 1. The summed E-state index contributed by atoms with van der Waals surface area (Å²) in [7, 11) is 0. The fourth-order valence-corrected chi connectivity index (χ4v) is 3.58. The van der Waals surface area contributed by atoms with Crippen LogP contribution in [0.4, 0.5) is 8.78 Å². The number of hydrogen-bond donors (Lipinski definition) is 0. The molecule has 4 rings (SSSR count). The molecule has 3 nitrogen and oxygen atoms in total. The zero-order chi connectivity index (χ0) is 21.6. The standard InChI is InChI=1S/C26H22F2N2O/c27-22-11-6-10-21(16-22)18-29-15-7-12-23(29)19-30(17-20-8-2-1-3-9-20)26(31)24-13-4-5-14-25(24)28/h1-16H,17-19H2. The maximum Gasteiger partial charge on any atom is 0.257 e. The fourth-order valence-electron chi connectivity index (χ4n) is 3.58. The molecule has 0 saturated carbocycles.